The van der Waals surface area contributed by atoms with E-state index in [4.69, 9.17) is 4.74 Å². The Balaban J connectivity index is 1.91. The standard InChI is InChI=1S/C21H17NO2/c1-15-8-7-11-17(14-15)22-21(16-9-3-2-4-10-16)19-13-6-5-12-18(19)20(23)24-21/h2-14,22H,1H3. The average Bonchev–Trinajstić information content (AvgIpc) is 2.89. The van der Waals surface area contributed by atoms with E-state index in [1.165, 1.54) is 0 Å². The average molecular weight is 315 g/mol. The Morgan fingerprint density at radius 1 is 0.875 bits per heavy atom. The summed E-state index contributed by atoms with van der Waals surface area (Å²) in [7, 11) is 0. The summed E-state index contributed by atoms with van der Waals surface area (Å²) in [5.74, 6) is -0.311. The number of nitrogens with one attached hydrogen (secondary N) is 1. The minimum Gasteiger partial charge on any atom is -0.427 e. The maximum Gasteiger partial charge on any atom is 0.341 e. The first kappa shape index (κ1) is 14.5. The summed E-state index contributed by atoms with van der Waals surface area (Å²) < 4.78 is 5.90. The summed E-state index contributed by atoms with van der Waals surface area (Å²) in [5.41, 5.74) is 3.36. The van der Waals surface area contributed by atoms with Crippen LogP contribution in [0.4, 0.5) is 5.69 Å². The molecule has 24 heavy (non-hydrogen) atoms. The van der Waals surface area contributed by atoms with Crippen molar-refractivity contribution in [2.75, 3.05) is 5.32 Å². The van der Waals surface area contributed by atoms with Crippen LogP contribution < -0.4 is 5.32 Å². The lowest BCUT2D eigenvalue weighted by molar-refractivity contribution is 0.0212. The Labute approximate surface area is 140 Å². The second-order valence-electron chi connectivity index (χ2n) is 5.98. The van der Waals surface area contributed by atoms with Crippen molar-refractivity contribution < 1.29 is 9.53 Å². The molecule has 4 rings (SSSR count). The van der Waals surface area contributed by atoms with Gasteiger partial charge < -0.3 is 10.1 Å². The molecule has 1 unspecified atom stereocenters. The number of hydrogen-bond donors (Lipinski definition) is 1. The van der Waals surface area contributed by atoms with E-state index < -0.39 is 5.72 Å². The lowest BCUT2D eigenvalue weighted by Gasteiger charge is -2.31. The smallest absolute Gasteiger partial charge is 0.341 e. The third-order valence-corrected chi connectivity index (χ3v) is 4.29. The maximum absolute atomic E-state index is 12.4. The fraction of sp³-hybridized carbons (Fsp3) is 0.0952. The highest BCUT2D eigenvalue weighted by atomic mass is 16.6. The molecule has 0 saturated heterocycles. The van der Waals surface area contributed by atoms with E-state index in [0.29, 0.717) is 5.56 Å². The molecule has 0 radical (unpaired) electrons. The molecule has 1 N–H and O–H groups in total. The van der Waals surface area contributed by atoms with Gasteiger partial charge in [0.2, 0.25) is 5.72 Å². The van der Waals surface area contributed by atoms with Crippen LogP contribution >= 0.6 is 0 Å². The summed E-state index contributed by atoms with van der Waals surface area (Å²) >= 11 is 0. The van der Waals surface area contributed by atoms with Crippen LogP contribution in [0.3, 0.4) is 0 Å². The van der Waals surface area contributed by atoms with Crippen LogP contribution in [0, 0.1) is 6.92 Å². The molecule has 1 aliphatic heterocycles. The first-order valence-corrected chi connectivity index (χ1v) is 7.92. The molecule has 3 heteroatoms. The number of aryl methyl sites for hydroxylation is 1. The third kappa shape index (κ3) is 2.26. The molecule has 0 amide bonds. The van der Waals surface area contributed by atoms with Crippen molar-refractivity contribution in [3.05, 3.63) is 101 Å². The Hall–Kier alpha value is -3.07. The normalized spacial score (nSPS) is 18.8. The zero-order chi connectivity index (χ0) is 16.6. The topological polar surface area (TPSA) is 38.3 Å². The number of hydrogen-bond acceptors (Lipinski definition) is 3. The van der Waals surface area contributed by atoms with Gasteiger partial charge in [-0.2, -0.15) is 0 Å². The highest BCUT2D eigenvalue weighted by Gasteiger charge is 2.47. The van der Waals surface area contributed by atoms with E-state index >= 15 is 0 Å². The number of carbonyl (C=O) groups excluding carboxylic acids is 1. The van der Waals surface area contributed by atoms with Gasteiger partial charge in [0.15, 0.2) is 0 Å². The molecule has 118 valence electrons. The number of fused-ring (bicyclic) bond motifs is 1. The quantitative estimate of drug-likeness (QED) is 0.724. The van der Waals surface area contributed by atoms with Crippen molar-refractivity contribution in [3.63, 3.8) is 0 Å². The van der Waals surface area contributed by atoms with Gasteiger partial charge in [-0.05, 0) is 30.7 Å². The summed E-state index contributed by atoms with van der Waals surface area (Å²) in [6.45, 7) is 2.04. The van der Waals surface area contributed by atoms with Crippen LogP contribution in [0.25, 0.3) is 0 Å². The zero-order valence-electron chi connectivity index (χ0n) is 13.3. The van der Waals surface area contributed by atoms with Gasteiger partial charge in [-0.15, -0.1) is 0 Å². The van der Waals surface area contributed by atoms with Gasteiger partial charge in [0.1, 0.15) is 0 Å². The number of carbonyl (C=O) groups is 1. The molecule has 3 aromatic rings. The predicted molar refractivity (Wildman–Crippen MR) is 93.9 cm³/mol. The van der Waals surface area contributed by atoms with Crippen LogP contribution in [-0.4, -0.2) is 5.97 Å². The molecular weight excluding hydrogens is 298 g/mol. The van der Waals surface area contributed by atoms with Crippen molar-refractivity contribution in [3.8, 4) is 0 Å². The lowest BCUT2D eigenvalue weighted by atomic mass is 9.92. The number of ether oxygens (including phenoxy) is 1. The Morgan fingerprint density at radius 3 is 2.42 bits per heavy atom. The molecule has 3 aromatic carbocycles. The molecule has 0 spiro atoms. The fourth-order valence-electron chi connectivity index (χ4n) is 3.20. The monoisotopic (exact) mass is 315 g/mol. The molecule has 0 saturated carbocycles. The number of benzene rings is 3. The van der Waals surface area contributed by atoms with Crippen molar-refractivity contribution >= 4 is 11.7 Å². The number of rotatable bonds is 3. The van der Waals surface area contributed by atoms with Crippen molar-refractivity contribution in [2.45, 2.75) is 12.6 Å². The molecule has 3 nitrogen and oxygen atoms in total. The number of esters is 1. The molecule has 1 aliphatic rings. The molecule has 1 heterocycles. The molecule has 0 fully saturated rings. The number of cyclic esters (lactones) is 1. The first-order chi connectivity index (χ1) is 11.7. The highest BCUT2D eigenvalue weighted by Crippen LogP contribution is 2.42. The molecule has 0 aromatic heterocycles. The van der Waals surface area contributed by atoms with Gasteiger partial charge in [0.25, 0.3) is 0 Å². The van der Waals surface area contributed by atoms with Gasteiger partial charge in [0.05, 0.1) is 5.56 Å². The van der Waals surface area contributed by atoms with Gasteiger partial charge in [-0.1, -0.05) is 60.7 Å². The van der Waals surface area contributed by atoms with Gasteiger partial charge in [-0.3, -0.25) is 0 Å². The van der Waals surface area contributed by atoms with Crippen LogP contribution in [0.1, 0.15) is 27.0 Å². The first-order valence-electron chi connectivity index (χ1n) is 7.92. The third-order valence-electron chi connectivity index (χ3n) is 4.29. The van der Waals surface area contributed by atoms with E-state index in [-0.39, 0.29) is 5.97 Å². The Kier molecular flexibility index (Phi) is 3.35. The predicted octanol–water partition coefficient (Wildman–Crippen LogP) is 4.48. The SMILES string of the molecule is Cc1cccc(NC2(c3ccccc3)OC(=O)c3ccccc32)c1. The van der Waals surface area contributed by atoms with Crippen molar-refractivity contribution in [1.82, 2.24) is 0 Å². The Bertz CT molecular complexity index is 904. The van der Waals surface area contributed by atoms with Gasteiger partial charge in [0, 0.05) is 16.8 Å². The van der Waals surface area contributed by atoms with Gasteiger partial charge in [-0.25, -0.2) is 4.79 Å². The second kappa shape index (κ2) is 5.53. The lowest BCUT2D eigenvalue weighted by Crippen LogP contribution is -2.36. The van der Waals surface area contributed by atoms with E-state index in [2.05, 4.69) is 5.32 Å². The highest BCUT2D eigenvalue weighted by molar-refractivity contribution is 5.96. The van der Waals surface area contributed by atoms with E-state index in [1.807, 2.05) is 79.7 Å². The largest absolute Gasteiger partial charge is 0.427 e. The fourth-order valence-corrected chi connectivity index (χ4v) is 3.20. The van der Waals surface area contributed by atoms with Crippen LogP contribution in [0.15, 0.2) is 78.9 Å². The maximum atomic E-state index is 12.4. The van der Waals surface area contributed by atoms with Crippen molar-refractivity contribution in [1.29, 1.82) is 0 Å². The number of anilines is 1. The molecular formula is C21H17NO2. The van der Waals surface area contributed by atoms with E-state index in [1.54, 1.807) is 6.07 Å². The molecule has 1 atom stereocenters. The summed E-state index contributed by atoms with van der Waals surface area (Å²) in [6, 6.07) is 25.4. The minimum absolute atomic E-state index is 0.311. The molecule has 0 bridgehead atoms. The zero-order valence-corrected chi connectivity index (χ0v) is 13.3. The van der Waals surface area contributed by atoms with Crippen LogP contribution in [0.2, 0.25) is 0 Å². The van der Waals surface area contributed by atoms with Crippen molar-refractivity contribution in [2.24, 2.45) is 0 Å². The second-order valence-corrected chi connectivity index (χ2v) is 5.98. The minimum atomic E-state index is -1.01. The Morgan fingerprint density at radius 2 is 1.62 bits per heavy atom. The van der Waals surface area contributed by atoms with E-state index in [0.717, 1.165) is 22.4 Å². The summed E-state index contributed by atoms with van der Waals surface area (Å²) in [5, 5.41) is 3.46. The van der Waals surface area contributed by atoms with Crippen LogP contribution in [-0.2, 0) is 10.5 Å². The van der Waals surface area contributed by atoms with Crippen LogP contribution in [0.5, 0.6) is 0 Å². The summed E-state index contributed by atoms with van der Waals surface area (Å²) in [4.78, 5) is 12.4. The van der Waals surface area contributed by atoms with Gasteiger partial charge >= 0.3 is 5.97 Å². The summed E-state index contributed by atoms with van der Waals surface area (Å²) in [6.07, 6.45) is 0. The molecule has 0 aliphatic carbocycles. The van der Waals surface area contributed by atoms with E-state index in [9.17, 15) is 4.79 Å².